The summed E-state index contributed by atoms with van der Waals surface area (Å²) in [6.45, 7) is 0. The number of nitrogens with zero attached hydrogens (tertiary/aromatic N) is 2. The highest BCUT2D eigenvalue weighted by molar-refractivity contribution is 6.18. The maximum atomic E-state index is 2.51. The molecule has 1 aliphatic heterocycles. The molecule has 2 aliphatic rings. The van der Waals surface area contributed by atoms with Crippen LogP contribution in [0.25, 0.3) is 122 Å². The van der Waals surface area contributed by atoms with E-state index in [-0.39, 0.29) is 0 Å². The zero-order valence-electron chi connectivity index (χ0n) is 41.0. The molecule has 0 N–H and O–H groups in total. The Morgan fingerprint density at radius 3 is 1.44 bits per heavy atom. The van der Waals surface area contributed by atoms with Gasteiger partial charge in [-0.1, -0.05) is 218 Å². The molecule has 2 nitrogen and oxygen atoms in total. The Morgan fingerprint density at radius 1 is 0.240 bits per heavy atom. The molecule has 0 radical (unpaired) electrons. The molecule has 14 aromatic rings. The van der Waals surface area contributed by atoms with Gasteiger partial charge in [0.15, 0.2) is 0 Å². The maximum absolute atomic E-state index is 2.51. The van der Waals surface area contributed by atoms with Crippen LogP contribution in [-0.4, -0.2) is 9.13 Å². The van der Waals surface area contributed by atoms with Crippen LogP contribution in [0, 0.1) is 0 Å². The fourth-order valence-electron chi connectivity index (χ4n) is 13.3. The van der Waals surface area contributed by atoms with E-state index in [0.717, 1.165) is 5.69 Å². The molecular formula is C73H46N2. The summed E-state index contributed by atoms with van der Waals surface area (Å²) in [7, 11) is 0. The highest BCUT2D eigenvalue weighted by atomic mass is 15.0. The van der Waals surface area contributed by atoms with Crippen LogP contribution in [0.1, 0.15) is 22.3 Å². The van der Waals surface area contributed by atoms with Crippen LogP contribution in [0.2, 0.25) is 0 Å². The van der Waals surface area contributed by atoms with E-state index in [1.165, 1.54) is 138 Å². The molecule has 0 amide bonds. The molecule has 0 bridgehead atoms. The van der Waals surface area contributed by atoms with E-state index in [9.17, 15) is 0 Å². The summed E-state index contributed by atoms with van der Waals surface area (Å²) in [4.78, 5) is 0. The molecule has 0 atom stereocenters. The van der Waals surface area contributed by atoms with Crippen molar-refractivity contribution in [2.75, 3.05) is 0 Å². The summed E-state index contributed by atoms with van der Waals surface area (Å²) >= 11 is 0. The van der Waals surface area contributed by atoms with Gasteiger partial charge in [0, 0.05) is 38.4 Å². The molecule has 2 heteroatoms. The topological polar surface area (TPSA) is 9.86 Å². The third kappa shape index (κ3) is 6.02. The van der Waals surface area contributed by atoms with Crippen molar-refractivity contribution in [3.05, 3.63) is 301 Å². The number of benzene rings is 12. The molecule has 0 fully saturated rings. The lowest BCUT2D eigenvalue weighted by Gasteiger charge is -2.34. The fraction of sp³-hybridized carbons (Fsp3) is 0.0137. The van der Waals surface area contributed by atoms with Gasteiger partial charge < -0.3 is 9.13 Å². The summed E-state index contributed by atoms with van der Waals surface area (Å²) in [6, 6.07) is 104. The summed E-state index contributed by atoms with van der Waals surface area (Å²) < 4.78 is 4.98. The molecular weight excluding hydrogens is 905 g/mol. The Kier molecular flexibility index (Phi) is 8.99. The van der Waals surface area contributed by atoms with E-state index >= 15 is 0 Å². The van der Waals surface area contributed by atoms with Crippen LogP contribution >= 0.6 is 0 Å². The number of rotatable bonds is 6. The zero-order chi connectivity index (χ0) is 49.2. The largest absolute Gasteiger partial charge is 0.309 e. The average molecular weight is 951 g/mol. The highest BCUT2D eigenvalue weighted by Gasteiger charge is 2.46. The summed E-state index contributed by atoms with van der Waals surface area (Å²) in [5, 5.41) is 5.00. The second-order valence-electron chi connectivity index (χ2n) is 20.3. The third-order valence-electron chi connectivity index (χ3n) is 16.5. The Hall–Kier alpha value is -9.76. The molecule has 0 spiro atoms. The first-order valence-electron chi connectivity index (χ1n) is 26.1. The van der Waals surface area contributed by atoms with E-state index in [1.54, 1.807) is 0 Å². The van der Waals surface area contributed by atoms with Gasteiger partial charge in [-0.15, -0.1) is 0 Å². The summed E-state index contributed by atoms with van der Waals surface area (Å²) in [5.41, 5.74) is 26.7. The van der Waals surface area contributed by atoms with Gasteiger partial charge >= 0.3 is 0 Å². The molecule has 0 saturated carbocycles. The lowest BCUT2D eigenvalue weighted by molar-refractivity contribution is 0.767. The van der Waals surface area contributed by atoms with E-state index in [2.05, 4.69) is 288 Å². The van der Waals surface area contributed by atoms with Crippen molar-refractivity contribution < 1.29 is 0 Å². The number of hydrogen-bond acceptors (Lipinski definition) is 0. The fourth-order valence-corrected chi connectivity index (χ4v) is 13.3. The van der Waals surface area contributed by atoms with E-state index < -0.39 is 5.41 Å². The first kappa shape index (κ1) is 41.8. The first-order chi connectivity index (χ1) is 37.2. The minimum Gasteiger partial charge on any atom is -0.309 e. The number of aromatic nitrogens is 2. The molecule has 16 rings (SSSR count). The average Bonchev–Trinajstić information content (AvgIpc) is 4.20. The first-order valence-corrected chi connectivity index (χ1v) is 26.1. The highest BCUT2D eigenvalue weighted by Crippen LogP contribution is 2.57. The van der Waals surface area contributed by atoms with Gasteiger partial charge in [-0.05, 0) is 139 Å². The third-order valence-corrected chi connectivity index (χ3v) is 16.5. The van der Waals surface area contributed by atoms with Gasteiger partial charge in [-0.25, -0.2) is 0 Å². The van der Waals surface area contributed by atoms with Gasteiger partial charge in [0.2, 0.25) is 0 Å². The van der Waals surface area contributed by atoms with Crippen LogP contribution in [0.3, 0.4) is 0 Å². The SMILES string of the molecule is c1ccc(-c2ccc3c(c2)-c2ccccc2-c2cc(-c4ccc(-c5ccc6c(c5)c5ccccc5n6-c5ccc6c(c5)C(c5ccccc5)(c5ccccc5)c5ccccc5-6)cc4)cc4c5ccccc5n-3c24)cc1. The number of para-hydroxylation sites is 2. The van der Waals surface area contributed by atoms with Crippen molar-refractivity contribution in [1.82, 2.24) is 9.13 Å². The normalized spacial score (nSPS) is 12.9. The molecule has 348 valence electrons. The predicted octanol–water partition coefficient (Wildman–Crippen LogP) is 18.9. The summed E-state index contributed by atoms with van der Waals surface area (Å²) in [6.07, 6.45) is 0. The Labute approximate surface area is 435 Å². The minimum absolute atomic E-state index is 0.479. The van der Waals surface area contributed by atoms with Crippen molar-refractivity contribution >= 4 is 43.6 Å². The molecule has 75 heavy (non-hydrogen) atoms. The minimum atomic E-state index is -0.479. The predicted molar refractivity (Wildman–Crippen MR) is 313 cm³/mol. The van der Waals surface area contributed by atoms with Crippen molar-refractivity contribution in [2.24, 2.45) is 0 Å². The van der Waals surface area contributed by atoms with Crippen LogP contribution < -0.4 is 0 Å². The Balaban J connectivity index is 0.817. The van der Waals surface area contributed by atoms with E-state index in [4.69, 9.17) is 0 Å². The number of fused-ring (bicyclic) bond motifs is 14. The van der Waals surface area contributed by atoms with Gasteiger partial charge in [-0.3, -0.25) is 0 Å². The smallest absolute Gasteiger partial charge is 0.0714 e. The standard InChI is InChI=1S/C73H46N2/c1-4-18-47(19-5-1)50-37-41-71-62(42-50)56-24-10-11-25-57(56)64-44-52(45-65-61-28-14-17-31-69(61)75(71)72(64)65)49-34-32-48(33-35-49)51-36-40-70-63(43-51)60-27-13-16-30-68(60)74(70)55-38-39-59-58-26-12-15-29-66(58)73(67(59)46-55,53-20-6-2-7-21-53)54-22-8-3-9-23-54/h1-46H. The molecule has 0 saturated heterocycles. The Bertz CT molecular complexity index is 4570. The molecule has 2 aromatic heterocycles. The van der Waals surface area contributed by atoms with Gasteiger partial charge in [0.25, 0.3) is 0 Å². The number of hydrogen-bond donors (Lipinski definition) is 0. The summed E-state index contributed by atoms with van der Waals surface area (Å²) in [5.74, 6) is 0. The van der Waals surface area contributed by atoms with Crippen LogP contribution in [0.4, 0.5) is 0 Å². The quantitative estimate of drug-likeness (QED) is 0.157. The van der Waals surface area contributed by atoms with Crippen molar-refractivity contribution in [3.63, 3.8) is 0 Å². The van der Waals surface area contributed by atoms with Crippen LogP contribution in [0.5, 0.6) is 0 Å². The van der Waals surface area contributed by atoms with Gasteiger partial charge in [0.05, 0.1) is 33.2 Å². The molecule has 3 heterocycles. The lowest BCUT2D eigenvalue weighted by Crippen LogP contribution is -2.28. The second-order valence-corrected chi connectivity index (χ2v) is 20.3. The van der Waals surface area contributed by atoms with Crippen LogP contribution in [-0.2, 0) is 5.41 Å². The van der Waals surface area contributed by atoms with Crippen molar-refractivity contribution in [2.45, 2.75) is 5.41 Å². The zero-order valence-corrected chi connectivity index (χ0v) is 41.0. The van der Waals surface area contributed by atoms with E-state index in [1.807, 2.05) is 0 Å². The molecule has 12 aromatic carbocycles. The molecule has 1 aliphatic carbocycles. The monoisotopic (exact) mass is 950 g/mol. The van der Waals surface area contributed by atoms with Crippen molar-refractivity contribution in [1.29, 1.82) is 0 Å². The van der Waals surface area contributed by atoms with Crippen LogP contribution in [0.15, 0.2) is 279 Å². The Morgan fingerprint density at radius 2 is 0.720 bits per heavy atom. The van der Waals surface area contributed by atoms with Gasteiger partial charge in [0.1, 0.15) is 0 Å². The van der Waals surface area contributed by atoms with Crippen molar-refractivity contribution in [3.8, 4) is 78.1 Å². The van der Waals surface area contributed by atoms with E-state index in [0.29, 0.717) is 0 Å². The lowest BCUT2D eigenvalue weighted by atomic mass is 9.67. The molecule has 0 unspecified atom stereocenters. The maximum Gasteiger partial charge on any atom is 0.0714 e. The van der Waals surface area contributed by atoms with Gasteiger partial charge in [-0.2, -0.15) is 0 Å². The second kappa shape index (κ2) is 16.1.